The Hall–Kier alpha value is -0.390. The van der Waals surface area contributed by atoms with Crippen LogP contribution in [0.15, 0.2) is 27.1 Å². The van der Waals surface area contributed by atoms with Gasteiger partial charge in [-0.3, -0.25) is 9.69 Å². The number of carbonyl (C=O) groups is 1. The van der Waals surface area contributed by atoms with Crippen molar-refractivity contribution < 1.29 is 4.79 Å². The second-order valence-electron chi connectivity index (χ2n) is 5.71. The predicted octanol–water partition coefficient (Wildman–Crippen LogP) is 3.52. The van der Waals surface area contributed by atoms with Gasteiger partial charge in [0.2, 0.25) is 0 Å². The average Bonchev–Trinajstić information content (AvgIpc) is 2.65. The van der Waals surface area contributed by atoms with Gasteiger partial charge in [0.1, 0.15) is 0 Å². The summed E-state index contributed by atoms with van der Waals surface area (Å²) in [5, 5.41) is 0. The molecule has 0 saturated carbocycles. The Bertz CT molecular complexity index is 535. The number of rotatable bonds is 1. The lowest BCUT2D eigenvalue weighted by Gasteiger charge is -2.26. The smallest absolute Gasteiger partial charge is 0.255 e. The van der Waals surface area contributed by atoms with Crippen molar-refractivity contribution in [2.75, 3.05) is 20.1 Å². The highest BCUT2D eigenvalue weighted by atomic mass is 79.9. The molecular formula is C15H18Br2N2O. The fraction of sp³-hybridized carbons (Fsp3) is 0.533. The molecule has 20 heavy (non-hydrogen) atoms. The van der Waals surface area contributed by atoms with Crippen molar-refractivity contribution in [1.82, 2.24) is 9.80 Å². The summed E-state index contributed by atoms with van der Waals surface area (Å²) in [6.07, 6.45) is 3.58. The van der Waals surface area contributed by atoms with Crippen LogP contribution in [-0.2, 0) is 0 Å². The summed E-state index contributed by atoms with van der Waals surface area (Å²) >= 11 is 6.94. The van der Waals surface area contributed by atoms with Gasteiger partial charge in [-0.2, -0.15) is 0 Å². The first-order valence-electron chi connectivity index (χ1n) is 7.02. The fourth-order valence-corrected chi connectivity index (χ4v) is 4.10. The van der Waals surface area contributed by atoms with Crippen molar-refractivity contribution in [2.45, 2.75) is 31.3 Å². The number of fused-ring (bicyclic) bond motifs is 2. The van der Waals surface area contributed by atoms with Gasteiger partial charge in [-0.25, -0.2) is 0 Å². The quantitative estimate of drug-likeness (QED) is 0.718. The van der Waals surface area contributed by atoms with E-state index in [9.17, 15) is 4.79 Å². The molecule has 3 rings (SSSR count). The van der Waals surface area contributed by atoms with E-state index in [1.165, 1.54) is 12.8 Å². The lowest BCUT2D eigenvalue weighted by molar-refractivity contribution is 0.0739. The third-order valence-corrected chi connectivity index (χ3v) is 5.78. The van der Waals surface area contributed by atoms with Crippen molar-refractivity contribution in [1.29, 1.82) is 0 Å². The number of halogens is 2. The van der Waals surface area contributed by atoms with Crippen LogP contribution in [-0.4, -0.2) is 47.9 Å². The molecule has 2 unspecified atom stereocenters. The van der Waals surface area contributed by atoms with Crippen LogP contribution in [0.3, 0.4) is 0 Å². The molecule has 1 amide bonds. The standard InChI is InChI=1S/C15H18Br2N2O/c1-18-11-3-4-12(18)9-19(7-6-11)15(20)13-8-10(16)2-5-14(13)17/h2,5,8,11-12H,3-4,6-7,9H2,1H3. The van der Waals surface area contributed by atoms with Crippen LogP contribution in [0.2, 0.25) is 0 Å². The van der Waals surface area contributed by atoms with Crippen molar-refractivity contribution in [3.63, 3.8) is 0 Å². The minimum Gasteiger partial charge on any atom is -0.337 e. The number of nitrogens with zero attached hydrogens (tertiary/aromatic N) is 2. The zero-order chi connectivity index (χ0) is 14.3. The highest BCUT2D eigenvalue weighted by Gasteiger charge is 2.36. The lowest BCUT2D eigenvalue weighted by atomic mass is 10.1. The third kappa shape index (κ3) is 2.68. The Morgan fingerprint density at radius 2 is 1.95 bits per heavy atom. The van der Waals surface area contributed by atoms with Crippen molar-refractivity contribution in [2.24, 2.45) is 0 Å². The van der Waals surface area contributed by atoms with E-state index < -0.39 is 0 Å². The fourth-order valence-electron chi connectivity index (χ4n) is 3.32. The number of carbonyl (C=O) groups excluding carboxylic acids is 1. The van der Waals surface area contributed by atoms with E-state index in [2.05, 4.69) is 43.8 Å². The third-order valence-electron chi connectivity index (χ3n) is 4.59. The molecule has 2 fully saturated rings. The summed E-state index contributed by atoms with van der Waals surface area (Å²) in [4.78, 5) is 17.2. The van der Waals surface area contributed by atoms with Gasteiger partial charge in [0.15, 0.2) is 0 Å². The Labute approximate surface area is 136 Å². The van der Waals surface area contributed by atoms with Gasteiger partial charge in [0, 0.05) is 34.1 Å². The first kappa shape index (κ1) is 14.5. The van der Waals surface area contributed by atoms with Gasteiger partial charge >= 0.3 is 0 Å². The summed E-state index contributed by atoms with van der Waals surface area (Å²) in [7, 11) is 2.20. The molecule has 0 N–H and O–H groups in total. The van der Waals surface area contributed by atoms with Gasteiger partial charge in [-0.05, 0) is 60.4 Å². The lowest BCUT2D eigenvalue weighted by Crippen LogP contribution is -2.39. The van der Waals surface area contributed by atoms with Gasteiger partial charge < -0.3 is 4.90 Å². The molecule has 2 atom stereocenters. The van der Waals surface area contributed by atoms with Crippen LogP contribution < -0.4 is 0 Å². The maximum atomic E-state index is 12.8. The monoisotopic (exact) mass is 400 g/mol. The Kier molecular flexibility index (Phi) is 4.20. The van der Waals surface area contributed by atoms with Crippen LogP contribution in [0.5, 0.6) is 0 Å². The second-order valence-corrected chi connectivity index (χ2v) is 7.48. The SMILES string of the molecule is CN1C2CCC1CN(C(=O)c1cc(Br)ccc1Br)CC2. The maximum Gasteiger partial charge on any atom is 0.255 e. The molecule has 1 aromatic carbocycles. The van der Waals surface area contributed by atoms with E-state index in [0.29, 0.717) is 12.1 Å². The number of amides is 1. The summed E-state index contributed by atoms with van der Waals surface area (Å²) < 4.78 is 1.81. The van der Waals surface area contributed by atoms with Crippen molar-refractivity contribution in [3.8, 4) is 0 Å². The molecule has 2 bridgehead atoms. The Morgan fingerprint density at radius 1 is 1.20 bits per heavy atom. The van der Waals surface area contributed by atoms with E-state index in [-0.39, 0.29) is 5.91 Å². The van der Waals surface area contributed by atoms with Crippen LogP contribution in [0, 0.1) is 0 Å². The molecule has 3 nitrogen and oxygen atoms in total. The highest BCUT2D eigenvalue weighted by Crippen LogP contribution is 2.30. The number of hydrogen-bond donors (Lipinski definition) is 0. The number of benzene rings is 1. The molecule has 0 aliphatic carbocycles. The van der Waals surface area contributed by atoms with Gasteiger partial charge in [0.25, 0.3) is 5.91 Å². The first-order chi connectivity index (χ1) is 9.56. The molecule has 2 aliphatic heterocycles. The van der Waals surface area contributed by atoms with E-state index >= 15 is 0 Å². The normalized spacial score (nSPS) is 26.6. The summed E-state index contributed by atoms with van der Waals surface area (Å²) in [6, 6.07) is 6.95. The molecule has 2 saturated heterocycles. The van der Waals surface area contributed by atoms with Crippen LogP contribution in [0.4, 0.5) is 0 Å². The van der Waals surface area contributed by atoms with Gasteiger partial charge in [-0.1, -0.05) is 15.9 Å². The molecule has 0 radical (unpaired) electrons. The summed E-state index contributed by atoms with van der Waals surface area (Å²) in [5.41, 5.74) is 0.750. The molecule has 2 aliphatic rings. The molecule has 0 aromatic heterocycles. The van der Waals surface area contributed by atoms with E-state index in [0.717, 1.165) is 34.0 Å². The molecule has 5 heteroatoms. The zero-order valence-corrected chi connectivity index (χ0v) is 14.7. The zero-order valence-electron chi connectivity index (χ0n) is 11.5. The number of hydrogen-bond acceptors (Lipinski definition) is 2. The molecular weight excluding hydrogens is 384 g/mol. The number of likely N-dealkylation sites (N-methyl/N-ethyl adjacent to an activating group) is 1. The first-order valence-corrected chi connectivity index (χ1v) is 8.61. The van der Waals surface area contributed by atoms with Gasteiger partial charge in [0.05, 0.1) is 5.56 Å². The molecule has 1 aromatic rings. The minimum absolute atomic E-state index is 0.138. The van der Waals surface area contributed by atoms with E-state index in [1.54, 1.807) is 0 Å². The Balaban J connectivity index is 1.82. The predicted molar refractivity (Wildman–Crippen MR) is 86.9 cm³/mol. The Morgan fingerprint density at radius 3 is 2.75 bits per heavy atom. The van der Waals surface area contributed by atoms with Gasteiger partial charge in [-0.15, -0.1) is 0 Å². The molecule has 0 spiro atoms. The van der Waals surface area contributed by atoms with Crippen LogP contribution in [0.1, 0.15) is 29.6 Å². The van der Waals surface area contributed by atoms with Crippen molar-refractivity contribution >= 4 is 37.8 Å². The van der Waals surface area contributed by atoms with E-state index in [1.807, 2.05) is 23.1 Å². The summed E-state index contributed by atoms with van der Waals surface area (Å²) in [6.45, 7) is 1.72. The molecule has 2 heterocycles. The maximum absolute atomic E-state index is 12.8. The second kappa shape index (κ2) is 5.78. The van der Waals surface area contributed by atoms with Crippen molar-refractivity contribution in [3.05, 3.63) is 32.7 Å². The number of likely N-dealkylation sites (tertiary alicyclic amines) is 1. The average molecular weight is 402 g/mol. The molecule has 108 valence electrons. The topological polar surface area (TPSA) is 23.6 Å². The minimum atomic E-state index is 0.138. The van der Waals surface area contributed by atoms with Crippen LogP contribution in [0.25, 0.3) is 0 Å². The van der Waals surface area contributed by atoms with Crippen LogP contribution >= 0.6 is 31.9 Å². The largest absolute Gasteiger partial charge is 0.337 e. The van der Waals surface area contributed by atoms with E-state index in [4.69, 9.17) is 0 Å². The summed E-state index contributed by atoms with van der Waals surface area (Å²) in [5.74, 6) is 0.138. The highest BCUT2D eigenvalue weighted by molar-refractivity contribution is 9.11.